The molecule has 6 N–H and O–H groups in total. The quantitative estimate of drug-likeness (QED) is 0.0516. The molecule has 11 heteroatoms. The molecule has 0 unspecified atom stereocenters. The van der Waals surface area contributed by atoms with E-state index >= 15 is 0 Å². The molecular formula is C51H42O9Pd2. The second-order valence-electron chi connectivity index (χ2n) is 12.8. The standard InChI is InChI=1S/3C17H14O3.2Pd/c3*18-15-7-1-13(2-8-15)5-11-17(20)12-6-14-3-9-16(19)10-4-14;;/h3*1-12,18-19H;;. The number of hydrogen-bond acceptors (Lipinski definition) is 9. The molecule has 6 rings (SSSR count). The van der Waals surface area contributed by atoms with Crippen LogP contribution < -0.4 is 0 Å². The molecule has 0 bridgehead atoms. The summed E-state index contributed by atoms with van der Waals surface area (Å²) in [6.45, 7) is 0. The largest absolute Gasteiger partial charge is 0.508 e. The SMILES string of the molecule is O=C(C=Cc1ccc(O)cc1)C=Cc1ccc(O)cc1.O=C(C=Cc1ccc(O)cc1)C=Cc1ccc(O)cc1.O=C(C=Cc1ccc(O)cc1)C=Cc1ccc(O)cc1.[Pd].[Pd]. The maximum Gasteiger partial charge on any atom is 0.178 e. The Labute approximate surface area is 387 Å². The van der Waals surface area contributed by atoms with Gasteiger partial charge in [0.05, 0.1) is 0 Å². The first-order valence-electron chi connectivity index (χ1n) is 18.3. The van der Waals surface area contributed by atoms with Gasteiger partial charge in [-0.1, -0.05) is 109 Å². The number of ketones is 3. The maximum atomic E-state index is 11.7. The van der Waals surface area contributed by atoms with Crippen LogP contribution in [0.25, 0.3) is 36.5 Å². The van der Waals surface area contributed by atoms with Crippen LogP contribution in [-0.2, 0) is 55.2 Å². The molecule has 0 amide bonds. The summed E-state index contributed by atoms with van der Waals surface area (Å²) in [6, 6.07) is 39.5. The van der Waals surface area contributed by atoms with Crippen LogP contribution in [-0.4, -0.2) is 48.0 Å². The summed E-state index contributed by atoms with van der Waals surface area (Å²) in [4.78, 5) is 35.0. The van der Waals surface area contributed by atoms with Gasteiger partial charge in [0.15, 0.2) is 17.3 Å². The Balaban J connectivity index is 0.000000315. The van der Waals surface area contributed by atoms with Crippen LogP contribution in [0.3, 0.4) is 0 Å². The maximum absolute atomic E-state index is 11.7. The van der Waals surface area contributed by atoms with Crippen LogP contribution in [0.2, 0.25) is 0 Å². The van der Waals surface area contributed by atoms with Gasteiger partial charge in [-0.05, 0) is 143 Å². The average molecular weight is 1010 g/mol. The molecule has 0 aliphatic carbocycles. The van der Waals surface area contributed by atoms with Gasteiger partial charge >= 0.3 is 0 Å². The molecule has 6 aromatic rings. The van der Waals surface area contributed by atoms with E-state index in [-0.39, 0.29) is 92.7 Å². The second kappa shape index (κ2) is 27.6. The van der Waals surface area contributed by atoms with Crippen molar-refractivity contribution >= 4 is 53.8 Å². The van der Waals surface area contributed by atoms with Gasteiger partial charge in [-0.15, -0.1) is 0 Å². The van der Waals surface area contributed by atoms with Crippen molar-refractivity contribution in [3.63, 3.8) is 0 Å². The molecule has 0 fully saturated rings. The summed E-state index contributed by atoms with van der Waals surface area (Å²) in [5.41, 5.74) is 5.05. The second-order valence-corrected chi connectivity index (χ2v) is 12.8. The Bertz CT molecular complexity index is 2030. The predicted molar refractivity (Wildman–Crippen MR) is 238 cm³/mol. The van der Waals surface area contributed by atoms with E-state index in [4.69, 9.17) is 30.6 Å². The summed E-state index contributed by atoms with van der Waals surface area (Å²) < 4.78 is 0. The predicted octanol–water partition coefficient (Wildman–Crippen LogP) is 10.2. The van der Waals surface area contributed by atoms with Crippen molar-refractivity contribution in [1.29, 1.82) is 0 Å². The van der Waals surface area contributed by atoms with E-state index in [9.17, 15) is 14.4 Å². The monoisotopic (exact) mass is 1010 g/mol. The zero-order chi connectivity index (χ0) is 43.1. The zero-order valence-electron chi connectivity index (χ0n) is 32.8. The molecule has 0 radical (unpaired) electrons. The van der Waals surface area contributed by atoms with Crippen molar-refractivity contribution in [3.8, 4) is 34.5 Å². The Morgan fingerprint density at radius 1 is 0.242 bits per heavy atom. The molecule has 0 spiro atoms. The number of allylic oxidation sites excluding steroid dienone is 6. The van der Waals surface area contributed by atoms with Crippen molar-refractivity contribution < 1.29 is 85.9 Å². The summed E-state index contributed by atoms with van der Waals surface area (Å²) in [6.07, 6.45) is 18.9. The van der Waals surface area contributed by atoms with Gasteiger partial charge in [-0.25, -0.2) is 0 Å². The van der Waals surface area contributed by atoms with Crippen LogP contribution in [0.4, 0.5) is 0 Å². The molecule has 0 saturated heterocycles. The molecular weight excluding hydrogens is 969 g/mol. The molecule has 9 nitrogen and oxygen atoms in total. The number of benzene rings is 6. The normalized spacial score (nSPS) is 10.8. The Hall–Kier alpha value is -7.11. The van der Waals surface area contributed by atoms with Gasteiger partial charge in [0.2, 0.25) is 0 Å². The van der Waals surface area contributed by atoms with E-state index in [0.717, 1.165) is 33.4 Å². The molecule has 0 aliphatic rings. The third-order valence-corrected chi connectivity index (χ3v) is 8.00. The molecule has 0 aliphatic heterocycles. The van der Waals surface area contributed by atoms with E-state index in [2.05, 4.69) is 0 Å². The Kier molecular flexibility index (Phi) is 22.7. The van der Waals surface area contributed by atoms with Gasteiger partial charge < -0.3 is 30.6 Å². The number of rotatable bonds is 12. The van der Waals surface area contributed by atoms with Crippen LogP contribution in [0.5, 0.6) is 34.5 Å². The summed E-state index contributed by atoms with van der Waals surface area (Å²) in [5, 5.41) is 54.9. The fraction of sp³-hybridized carbons (Fsp3) is 0. The van der Waals surface area contributed by atoms with Gasteiger partial charge in [0, 0.05) is 40.8 Å². The molecule has 0 saturated carbocycles. The number of phenolic OH excluding ortho intramolecular Hbond substituents is 6. The number of aromatic hydroxyl groups is 6. The van der Waals surface area contributed by atoms with E-state index in [1.807, 2.05) is 0 Å². The minimum atomic E-state index is -0.133. The van der Waals surface area contributed by atoms with E-state index < -0.39 is 0 Å². The van der Waals surface area contributed by atoms with Crippen LogP contribution in [0, 0.1) is 0 Å². The first-order chi connectivity index (χ1) is 28.9. The first kappa shape index (κ1) is 51.0. The van der Waals surface area contributed by atoms with Crippen molar-refractivity contribution in [2.75, 3.05) is 0 Å². The number of hydrogen-bond donors (Lipinski definition) is 6. The van der Waals surface area contributed by atoms with Crippen molar-refractivity contribution in [2.45, 2.75) is 0 Å². The Morgan fingerprint density at radius 2 is 0.355 bits per heavy atom. The van der Waals surface area contributed by atoms with Gasteiger partial charge in [0.1, 0.15) is 34.5 Å². The molecule has 0 aromatic heterocycles. The summed E-state index contributed by atoms with van der Waals surface area (Å²) in [7, 11) is 0. The van der Waals surface area contributed by atoms with E-state index in [0.29, 0.717) is 0 Å². The smallest absolute Gasteiger partial charge is 0.178 e. The van der Waals surface area contributed by atoms with Gasteiger partial charge in [-0.3, -0.25) is 14.4 Å². The van der Waals surface area contributed by atoms with Crippen LogP contribution in [0.1, 0.15) is 33.4 Å². The number of carbonyl (C=O) groups excluding carboxylic acids is 3. The molecule has 62 heavy (non-hydrogen) atoms. The summed E-state index contributed by atoms with van der Waals surface area (Å²) in [5.74, 6) is 0.771. The van der Waals surface area contributed by atoms with E-state index in [1.54, 1.807) is 182 Å². The van der Waals surface area contributed by atoms with Crippen molar-refractivity contribution in [1.82, 2.24) is 0 Å². The minimum Gasteiger partial charge on any atom is -0.508 e. The van der Waals surface area contributed by atoms with Crippen molar-refractivity contribution in [3.05, 3.63) is 215 Å². The fourth-order valence-corrected chi connectivity index (χ4v) is 4.75. The molecule has 6 aromatic carbocycles. The van der Waals surface area contributed by atoms with Gasteiger partial charge in [-0.2, -0.15) is 0 Å². The minimum absolute atomic E-state index is 0. The number of phenols is 6. The zero-order valence-corrected chi connectivity index (χ0v) is 35.9. The van der Waals surface area contributed by atoms with Gasteiger partial charge in [0.25, 0.3) is 0 Å². The van der Waals surface area contributed by atoms with Crippen LogP contribution in [0.15, 0.2) is 182 Å². The third-order valence-electron chi connectivity index (χ3n) is 8.00. The molecule has 0 atom stereocenters. The third kappa shape index (κ3) is 20.7. The summed E-state index contributed by atoms with van der Waals surface area (Å²) >= 11 is 0. The fourth-order valence-electron chi connectivity index (χ4n) is 4.75. The average Bonchev–Trinajstić information content (AvgIpc) is 3.25. The van der Waals surface area contributed by atoms with Crippen molar-refractivity contribution in [2.24, 2.45) is 0 Å². The van der Waals surface area contributed by atoms with Crippen LogP contribution >= 0.6 is 0 Å². The topological polar surface area (TPSA) is 173 Å². The molecule has 320 valence electrons. The van der Waals surface area contributed by atoms with E-state index in [1.165, 1.54) is 36.5 Å². The molecule has 0 heterocycles. The first-order valence-corrected chi connectivity index (χ1v) is 18.3. The Morgan fingerprint density at radius 3 is 0.468 bits per heavy atom. The number of carbonyl (C=O) groups is 3.